The number of amides is 1. The zero-order chi connectivity index (χ0) is 17.8. The summed E-state index contributed by atoms with van der Waals surface area (Å²) in [5, 5.41) is 9.42. The third-order valence-electron chi connectivity index (χ3n) is 3.81. The SMILES string of the molecule is CC(C)(C)C1OS(=O)(=O)N(C(=O)O)C1(C)c1cc(Br)ccc1F. The molecule has 2 atom stereocenters. The van der Waals surface area contributed by atoms with Gasteiger partial charge in [0.15, 0.2) is 0 Å². The highest BCUT2D eigenvalue weighted by Crippen LogP contribution is 2.50. The Hall–Kier alpha value is -1.19. The maximum Gasteiger partial charge on any atom is 0.423 e. The largest absolute Gasteiger partial charge is 0.464 e. The summed E-state index contributed by atoms with van der Waals surface area (Å²) in [6.07, 6.45) is -2.82. The second-order valence-electron chi connectivity index (χ2n) is 6.62. The number of hydrogen-bond acceptors (Lipinski definition) is 4. The van der Waals surface area contributed by atoms with Crippen molar-refractivity contribution in [2.24, 2.45) is 5.41 Å². The van der Waals surface area contributed by atoms with Gasteiger partial charge in [-0.2, -0.15) is 12.7 Å². The Morgan fingerprint density at radius 2 is 2.00 bits per heavy atom. The highest BCUT2D eigenvalue weighted by molar-refractivity contribution is 9.10. The first-order valence-corrected chi connectivity index (χ1v) is 8.89. The molecule has 1 aliphatic heterocycles. The van der Waals surface area contributed by atoms with Crippen LogP contribution in [0.4, 0.5) is 9.18 Å². The smallest absolute Gasteiger partial charge is 0.423 e. The fourth-order valence-corrected chi connectivity index (χ4v) is 5.03. The standard InChI is InChI=1S/C14H17BrFNO5S/c1-13(2,3)11-14(4,9-7-8(15)5-6-10(9)16)17(12(18)19)23(20,21)22-11/h5-7,11H,1-4H3,(H,18,19). The fraction of sp³-hybridized carbons (Fsp3) is 0.500. The molecule has 23 heavy (non-hydrogen) atoms. The Morgan fingerprint density at radius 1 is 1.43 bits per heavy atom. The van der Waals surface area contributed by atoms with Crippen molar-refractivity contribution < 1.29 is 26.9 Å². The van der Waals surface area contributed by atoms with E-state index in [0.717, 1.165) is 6.07 Å². The van der Waals surface area contributed by atoms with Crippen LogP contribution in [0.2, 0.25) is 0 Å². The van der Waals surface area contributed by atoms with Crippen molar-refractivity contribution in [1.82, 2.24) is 4.31 Å². The van der Waals surface area contributed by atoms with E-state index in [1.807, 2.05) is 0 Å². The molecule has 128 valence electrons. The molecule has 1 saturated heterocycles. The van der Waals surface area contributed by atoms with Crippen molar-refractivity contribution in [3.8, 4) is 0 Å². The molecule has 6 nitrogen and oxygen atoms in total. The highest BCUT2D eigenvalue weighted by Gasteiger charge is 2.63. The first-order valence-electron chi connectivity index (χ1n) is 6.74. The van der Waals surface area contributed by atoms with Crippen LogP contribution in [0, 0.1) is 11.2 Å². The van der Waals surface area contributed by atoms with Crippen LogP contribution in [0.15, 0.2) is 22.7 Å². The Morgan fingerprint density at radius 3 is 2.48 bits per heavy atom. The normalized spacial score (nSPS) is 27.2. The van der Waals surface area contributed by atoms with Crippen molar-refractivity contribution >= 4 is 32.3 Å². The second kappa shape index (κ2) is 5.42. The predicted molar refractivity (Wildman–Crippen MR) is 84.6 cm³/mol. The zero-order valence-electron chi connectivity index (χ0n) is 13.0. The van der Waals surface area contributed by atoms with Crippen molar-refractivity contribution in [2.45, 2.75) is 39.3 Å². The number of carboxylic acid groups (broad SMARTS) is 1. The van der Waals surface area contributed by atoms with E-state index < -0.39 is 39.3 Å². The molecule has 0 aromatic heterocycles. The van der Waals surface area contributed by atoms with Crippen LogP contribution in [0.3, 0.4) is 0 Å². The minimum absolute atomic E-state index is 0.0738. The van der Waals surface area contributed by atoms with Crippen molar-refractivity contribution in [3.05, 3.63) is 34.1 Å². The van der Waals surface area contributed by atoms with Crippen molar-refractivity contribution in [3.63, 3.8) is 0 Å². The lowest BCUT2D eigenvalue weighted by Crippen LogP contribution is -2.52. The fourth-order valence-electron chi connectivity index (χ4n) is 3.01. The summed E-state index contributed by atoms with van der Waals surface area (Å²) >= 11 is 3.20. The molecule has 0 saturated carbocycles. The molecule has 1 amide bonds. The van der Waals surface area contributed by atoms with Gasteiger partial charge in [0.1, 0.15) is 17.5 Å². The molecule has 1 aliphatic rings. The Kier molecular flexibility index (Phi) is 4.28. The van der Waals surface area contributed by atoms with Gasteiger partial charge in [-0.05, 0) is 30.5 Å². The number of halogens is 2. The van der Waals surface area contributed by atoms with Crippen LogP contribution in [-0.2, 0) is 20.0 Å². The van der Waals surface area contributed by atoms with E-state index >= 15 is 0 Å². The number of rotatable bonds is 1. The average Bonchev–Trinajstić information content (AvgIpc) is 2.59. The summed E-state index contributed by atoms with van der Waals surface area (Å²) in [7, 11) is -4.55. The molecule has 1 N–H and O–H groups in total. The summed E-state index contributed by atoms with van der Waals surface area (Å²) < 4.78 is 44.7. The van der Waals surface area contributed by atoms with Gasteiger partial charge in [-0.25, -0.2) is 13.4 Å². The van der Waals surface area contributed by atoms with Crippen LogP contribution in [0.5, 0.6) is 0 Å². The number of benzene rings is 1. The second-order valence-corrected chi connectivity index (χ2v) is 8.95. The minimum atomic E-state index is -4.55. The van der Waals surface area contributed by atoms with Crippen LogP contribution in [0.25, 0.3) is 0 Å². The number of nitrogens with zero attached hydrogens (tertiary/aromatic N) is 1. The van der Waals surface area contributed by atoms with E-state index in [1.54, 1.807) is 20.8 Å². The van der Waals surface area contributed by atoms with Gasteiger partial charge >= 0.3 is 16.4 Å². The van der Waals surface area contributed by atoms with E-state index in [-0.39, 0.29) is 9.87 Å². The predicted octanol–water partition coefficient (Wildman–Crippen LogP) is 3.47. The Balaban J connectivity index is 2.84. The van der Waals surface area contributed by atoms with Gasteiger partial charge in [0.05, 0.1) is 0 Å². The Labute approximate surface area is 142 Å². The quantitative estimate of drug-likeness (QED) is 0.767. The summed E-state index contributed by atoms with van der Waals surface area (Å²) in [5.74, 6) is -0.711. The first-order chi connectivity index (χ1) is 10.3. The van der Waals surface area contributed by atoms with E-state index in [1.165, 1.54) is 19.1 Å². The molecule has 0 spiro atoms. The molecule has 0 bridgehead atoms. The molecule has 2 rings (SSSR count). The zero-order valence-corrected chi connectivity index (χ0v) is 15.4. The molecule has 1 aromatic rings. The summed E-state index contributed by atoms with van der Waals surface area (Å²) in [5.41, 5.74) is -2.58. The van der Waals surface area contributed by atoms with E-state index in [4.69, 9.17) is 4.18 Å². The third-order valence-corrected chi connectivity index (χ3v) is 5.72. The van der Waals surface area contributed by atoms with Crippen molar-refractivity contribution in [2.75, 3.05) is 0 Å². The molecule has 0 radical (unpaired) electrons. The monoisotopic (exact) mass is 409 g/mol. The molecular weight excluding hydrogens is 393 g/mol. The summed E-state index contributed by atoms with van der Waals surface area (Å²) in [4.78, 5) is 11.6. The maximum absolute atomic E-state index is 14.4. The number of hydrogen-bond donors (Lipinski definition) is 1. The lowest BCUT2D eigenvalue weighted by Gasteiger charge is -2.39. The molecule has 1 fully saturated rings. The van der Waals surface area contributed by atoms with Gasteiger partial charge in [0, 0.05) is 10.0 Å². The molecule has 1 heterocycles. The Bertz CT molecular complexity index is 761. The van der Waals surface area contributed by atoms with Gasteiger partial charge in [0.25, 0.3) is 0 Å². The first kappa shape index (κ1) is 18.2. The molecule has 9 heteroatoms. The van der Waals surface area contributed by atoms with Gasteiger partial charge in [-0.1, -0.05) is 36.7 Å². The lowest BCUT2D eigenvalue weighted by atomic mass is 9.73. The van der Waals surface area contributed by atoms with E-state index in [0.29, 0.717) is 4.47 Å². The van der Waals surface area contributed by atoms with Gasteiger partial charge in [-0.3, -0.25) is 0 Å². The average molecular weight is 410 g/mol. The van der Waals surface area contributed by atoms with E-state index in [9.17, 15) is 22.7 Å². The maximum atomic E-state index is 14.4. The van der Waals surface area contributed by atoms with Gasteiger partial charge < -0.3 is 5.11 Å². The lowest BCUT2D eigenvalue weighted by molar-refractivity contribution is 0.0238. The van der Waals surface area contributed by atoms with Crippen molar-refractivity contribution in [1.29, 1.82) is 0 Å². The number of carbonyl (C=O) groups is 1. The summed E-state index contributed by atoms with van der Waals surface area (Å²) in [6.45, 7) is 6.46. The van der Waals surface area contributed by atoms with Crippen LogP contribution >= 0.6 is 15.9 Å². The van der Waals surface area contributed by atoms with Gasteiger partial charge in [0.2, 0.25) is 0 Å². The third kappa shape index (κ3) is 2.85. The topological polar surface area (TPSA) is 83.9 Å². The molecule has 2 unspecified atom stereocenters. The minimum Gasteiger partial charge on any atom is -0.464 e. The molecule has 1 aromatic carbocycles. The summed E-state index contributed by atoms with van der Waals surface area (Å²) in [6, 6.07) is 3.97. The van der Waals surface area contributed by atoms with Crippen LogP contribution < -0.4 is 0 Å². The molecule has 0 aliphatic carbocycles. The highest BCUT2D eigenvalue weighted by atomic mass is 79.9. The van der Waals surface area contributed by atoms with Gasteiger partial charge in [-0.15, -0.1) is 0 Å². The van der Waals surface area contributed by atoms with Crippen LogP contribution in [-0.4, -0.2) is 30.0 Å². The molecular formula is C14H17BrFNO5S. The van der Waals surface area contributed by atoms with Crippen LogP contribution in [0.1, 0.15) is 33.3 Å². The van der Waals surface area contributed by atoms with E-state index in [2.05, 4.69) is 15.9 Å².